The number of halogens is 2. The lowest BCUT2D eigenvalue weighted by molar-refractivity contribution is -0.179. The van der Waals surface area contributed by atoms with Gasteiger partial charge in [-0.05, 0) is 13.8 Å². The number of nitrogens with zero attached hydrogens (tertiary/aromatic N) is 1. The standard InChI is InChI=1S/C9H17F2NO2/c1-6-9(10,11)7(13)12(4)8(2,3)14-5/h6H2,1-5H3. The van der Waals surface area contributed by atoms with Crippen LogP contribution in [0.5, 0.6) is 0 Å². The lowest BCUT2D eigenvalue weighted by Crippen LogP contribution is -2.52. The first-order valence-corrected chi connectivity index (χ1v) is 4.40. The Bertz CT molecular complexity index is 217. The minimum absolute atomic E-state index is 0.504. The average Bonchev–Trinajstić information content (AvgIpc) is 2.15. The zero-order valence-electron chi connectivity index (χ0n) is 9.23. The van der Waals surface area contributed by atoms with E-state index in [4.69, 9.17) is 4.74 Å². The second-order valence-corrected chi connectivity index (χ2v) is 3.57. The van der Waals surface area contributed by atoms with Crippen molar-refractivity contribution in [1.82, 2.24) is 4.90 Å². The van der Waals surface area contributed by atoms with E-state index in [2.05, 4.69) is 0 Å². The molecule has 0 bridgehead atoms. The summed E-state index contributed by atoms with van der Waals surface area (Å²) in [6, 6.07) is 0. The molecule has 0 unspecified atom stereocenters. The van der Waals surface area contributed by atoms with Crippen LogP contribution >= 0.6 is 0 Å². The summed E-state index contributed by atoms with van der Waals surface area (Å²) in [6.45, 7) is 4.37. The molecule has 3 nitrogen and oxygen atoms in total. The zero-order chi connectivity index (χ0) is 11.6. The van der Waals surface area contributed by atoms with E-state index in [0.717, 1.165) is 4.90 Å². The maximum Gasteiger partial charge on any atom is 0.324 e. The molecule has 0 aliphatic rings. The van der Waals surface area contributed by atoms with Crippen LogP contribution in [-0.4, -0.2) is 36.6 Å². The van der Waals surface area contributed by atoms with Gasteiger partial charge in [0.15, 0.2) is 0 Å². The van der Waals surface area contributed by atoms with E-state index >= 15 is 0 Å². The SMILES string of the molecule is CCC(F)(F)C(=O)N(C)C(C)(C)OC. The van der Waals surface area contributed by atoms with Gasteiger partial charge in [-0.2, -0.15) is 8.78 Å². The van der Waals surface area contributed by atoms with Gasteiger partial charge in [-0.15, -0.1) is 0 Å². The molecule has 0 rings (SSSR count). The van der Waals surface area contributed by atoms with E-state index < -0.39 is 24.0 Å². The first-order valence-electron chi connectivity index (χ1n) is 4.40. The molecule has 0 aromatic heterocycles. The summed E-state index contributed by atoms with van der Waals surface area (Å²) in [5.41, 5.74) is -1.02. The van der Waals surface area contributed by atoms with Crippen LogP contribution in [0.3, 0.4) is 0 Å². The summed E-state index contributed by atoms with van der Waals surface area (Å²) in [6.07, 6.45) is -0.504. The largest absolute Gasteiger partial charge is 0.359 e. The van der Waals surface area contributed by atoms with Crippen molar-refractivity contribution in [3.63, 3.8) is 0 Å². The number of alkyl halides is 2. The number of rotatable bonds is 4. The minimum Gasteiger partial charge on any atom is -0.359 e. The first-order chi connectivity index (χ1) is 6.19. The number of hydrogen-bond acceptors (Lipinski definition) is 2. The Morgan fingerprint density at radius 2 is 1.86 bits per heavy atom. The van der Waals surface area contributed by atoms with Crippen LogP contribution in [0.15, 0.2) is 0 Å². The normalized spacial score (nSPS) is 12.8. The molecule has 0 aromatic rings. The molecule has 0 fully saturated rings. The van der Waals surface area contributed by atoms with Gasteiger partial charge in [-0.1, -0.05) is 6.92 Å². The van der Waals surface area contributed by atoms with Crippen LogP contribution in [0.2, 0.25) is 0 Å². The fourth-order valence-electron chi connectivity index (χ4n) is 0.778. The summed E-state index contributed by atoms with van der Waals surface area (Å²) < 4.78 is 31.0. The van der Waals surface area contributed by atoms with Crippen molar-refractivity contribution in [2.24, 2.45) is 0 Å². The van der Waals surface area contributed by atoms with Gasteiger partial charge in [0.05, 0.1) is 0 Å². The summed E-state index contributed by atoms with van der Waals surface area (Å²) in [5, 5.41) is 0. The predicted octanol–water partition coefficient (Wildman–Crippen LogP) is 1.87. The number of methoxy groups -OCH3 is 1. The van der Waals surface area contributed by atoms with E-state index in [1.54, 1.807) is 13.8 Å². The van der Waals surface area contributed by atoms with E-state index in [-0.39, 0.29) is 0 Å². The Morgan fingerprint density at radius 3 is 2.14 bits per heavy atom. The van der Waals surface area contributed by atoms with Gasteiger partial charge >= 0.3 is 5.92 Å². The Labute approximate surface area is 83.0 Å². The van der Waals surface area contributed by atoms with Gasteiger partial charge in [0.25, 0.3) is 5.91 Å². The van der Waals surface area contributed by atoms with Crippen LogP contribution < -0.4 is 0 Å². The molecule has 0 saturated heterocycles. The van der Waals surface area contributed by atoms with Crippen molar-refractivity contribution in [2.45, 2.75) is 38.8 Å². The van der Waals surface area contributed by atoms with E-state index in [9.17, 15) is 13.6 Å². The monoisotopic (exact) mass is 209 g/mol. The number of carbonyl (C=O) groups excluding carboxylic acids is 1. The molecule has 14 heavy (non-hydrogen) atoms. The van der Waals surface area contributed by atoms with Crippen molar-refractivity contribution < 1.29 is 18.3 Å². The summed E-state index contributed by atoms with van der Waals surface area (Å²) in [5.74, 6) is -4.53. The second-order valence-electron chi connectivity index (χ2n) is 3.57. The molecule has 0 aromatic carbocycles. The van der Waals surface area contributed by atoms with E-state index in [1.165, 1.54) is 21.1 Å². The average molecular weight is 209 g/mol. The van der Waals surface area contributed by atoms with Gasteiger partial charge < -0.3 is 9.64 Å². The Kier molecular flexibility index (Phi) is 4.00. The molecule has 0 aliphatic heterocycles. The molecule has 0 radical (unpaired) electrons. The van der Waals surface area contributed by atoms with Gasteiger partial charge in [0.2, 0.25) is 0 Å². The molecule has 0 spiro atoms. The van der Waals surface area contributed by atoms with E-state index in [1.807, 2.05) is 0 Å². The third-order valence-electron chi connectivity index (χ3n) is 2.37. The zero-order valence-corrected chi connectivity index (χ0v) is 9.23. The van der Waals surface area contributed by atoms with Crippen LogP contribution in [-0.2, 0) is 9.53 Å². The minimum atomic E-state index is -3.31. The first kappa shape index (κ1) is 13.3. The molecule has 5 heteroatoms. The van der Waals surface area contributed by atoms with E-state index in [0.29, 0.717) is 0 Å². The molecule has 0 N–H and O–H groups in total. The molecule has 84 valence electrons. The van der Waals surface area contributed by atoms with Crippen molar-refractivity contribution in [3.05, 3.63) is 0 Å². The van der Waals surface area contributed by atoms with Crippen molar-refractivity contribution >= 4 is 5.91 Å². The molecule has 0 saturated carbocycles. The highest BCUT2D eigenvalue weighted by Gasteiger charge is 2.43. The maximum absolute atomic E-state index is 13.0. The lowest BCUT2D eigenvalue weighted by Gasteiger charge is -2.35. The lowest BCUT2D eigenvalue weighted by atomic mass is 10.2. The fraction of sp³-hybridized carbons (Fsp3) is 0.889. The molecular formula is C9H17F2NO2. The summed E-state index contributed by atoms with van der Waals surface area (Å²) in [4.78, 5) is 12.2. The Balaban J connectivity index is 4.71. The van der Waals surface area contributed by atoms with Crippen LogP contribution in [0, 0.1) is 0 Å². The van der Waals surface area contributed by atoms with Crippen molar-refractivity contribution in [2.75, 3.05) is 14.2 Å². The van der Waals surface area contributed by atoms with Crippen molar-refractivity contribution in [3.8, 4) is 0 Å². The number of amides is 1. The highest BCUT2D eigenvalue weighted by atomic mass is 19.3. The summed E-state index contributed by atoms with van der Waals surface area (Å²) in [7, 11) is 2.67. The number of ether oxygens (including phenoxy) is 1. The van der Waals surface area contributed by atoms with Crippen LogP contribution in [0.25, 0.3) is 0 Å². The fourth-order valence-corrected chi connectivity index (χ4v) is 0.778. The third-order valence-corrected chi connectivity index (χ3v) is 2.37. The molecule has 0 aliphatic carbocycles. The Hall–Kier alpha value is -0.710. The molecular weight excluding hydrogens is 192 g/mol. The van der Waals surface area contributed by atoms with Gasteiger partial charge in [-0.3, -0.25) is 4.79 Å². The molecule has 0 atom stereocenters. The van der Waals surface area contributed by atoms with Gasteiger partial charge in [-0.25, -0.2) is 0 Å². The number of carbonyl (C=O) groups is 1. The van der Waals surface area contributed by atoms with Crippen molar-refractivity contribution in [1.29, 1.82) is 0 Å². The second kappa shape index (κ2) is 4.21. The van der Waals surface area contributed by atoms with Crippen LogP contribution in [0.1, 0.15) is 27.2 Å². The Morgan fingerprint density at radius 1 is 1.43 bits per heavy atom. The summed E-state index contributed by atoms with van der Waals surface area (Å²) >= 11 is 0. The molecule has 0 heterocycles. The topological polar surface area (TPSA) is 29.5 Å². The predicted molar refractivity (Wildman–Crippen MR) is 49.1 cm³/mol. The molecule has 1 amide bonds. The quantitative estimate of drug-likeness (QED) is 0.661. The maximum atomic E-state index is 13.0. The van der Waals surface area contributed by atoms with Gasteiger partial charge in [0, 0.05) is 20.6 Å². The third kappa shape index (κ3) is 2.64. The van der Waals surface area contributed by atoms with Gasteiger partial charge in [0.1, 0.15) is 5.72 Å². The number of hydrogen-bond donors (Lipinski definition) is 0. The van der Waals surface area contributed by atoms with Crippen LogP contribution in [0.4, 0.5) is 8.78 Å². The highest BCUT2D eigenvalue weighted by molar-refractivity contribution is 5.83. The highest BCUT2D eigenvalue weighted by Crippen LogP contribution is 2.24. The smallest absolute Gasteiger partial charge is 0.324 e.